The Hall–Kier alpha value is -2.03. The third kappa shape index (κ3) is 4.50. The van der Waals surface area contributed by atoms with Crippen LogP contribution in [0.4, 0.5) is 5.88 Å². The van der Waals surface area contributed by atoms with E-state index in [2.05, 4.69) is 51.9 Å². The van der Waals surface area contributed by atoms with Gasteiger partial charge < -0.3 is 14.1 Å². The lowest BCUT2D eigenvalue weighted by molar-refractivity contribution is 0.0954. The van der Waals surface area contributed by atoms with Gasteiger partial charge in [0.25, 0.3) is 5.91 Å². The van der Waals surface area contributed by atoms with Crippen LogP contribution in [-0.4, -0.2) is 32.3 Å². The smallest absolute Gasteiger partial charge is 0.271 e. The van der Waals surface area contributed by atoms with Gasteiger partial charge in [-0.15, -0.1) is 0 Å². The third-order valence-electron chi connectivity index (χ3n) is 3.46. The van der Waals surface area contributed by atoms with E-state index >= 15 is 0 Å². The largest absolute Gasteiger partial charge is 0.496 e. The molecule has 0 atom stereocenters. The maximum Gasteiger partial charge on any atom is 0.271 e. The van der Waals surface area contributed by atoms with Crippen molar-refractivity contribution in [2.75, 3.05) is 25.1 Å². The third-order valence-corrected chi connectivity index (χ3v) is 4.35. The zero-order valence-electron chi connectivity index (χ0n) is 13.9. The molecular weight excluding hydrogens is 421 g/mol. The number of benzene rings is 1. The molecule has 2 rings (SSSR count). The number of carbonyl (C=O) groups excluding carboxylic acids is 1. The number of amides is 1. The van der Waals surface area contributed by atoms with Gasteiger partial charge in [0.15, 0.2) is 5.88 Å². The standard InChI is InChI=1S/C17H20IN3O3/c1-4-21(5-2)16-9-7-13(24-16)11-19-20-17(22)12-6-8-14(18)15(10-12)23-3/h6-11H,4-5H2,1-3H3,(H,20,22)/b19-11-. The molecular formula is C17H20IN3O3. The Morgan fingerprint density at radius 1 is 1.33 bits per heavy atom. The minimum absolute atomic E-state index is 0.309. The summed E-state index contributed by atoms with van der Waals surface area (Å²) in [7, 11) is 1.57. The molecule has 0 unspecified atom stereocenters. The van der Waals surface area contributed by atoms with E-state index < -0.39 is 0 Å². The molecule has 0 saturated heterocycles. The topological polar surface area (TPSA) is 67.1 Å². The van der Waals surface area contributed by atoms with Gasteiger partial charge in [0.05, 0.1) is 16.9 Å². The second-order valence-electron chi connectivity index (χ2n) is 4.90. The van der Waals surface area contributed by atoms with Gasteiger partial charge in [-0.1, -0.05) is 0 Å². The van der Waals surface area contributed by atoms with Gasteiger partial charge in [0, 0.05) is 24.7 Å². The van der Waals surface area contributed by atoms with Crippen molar-refractivity contribution in [3.63, 3.8) is 0 Å². The minimum Gasteiger partial charge on any atom is -0.496 e. The van der Waals surface area contributed by atoms with Crippen molar-refractivity contribution in [2.45, 2.75) is 13.8 Å². The van der Waals surface area contributed by atoms with E-state index in [-0.39, 0.29) is 5.91 Å². The number of anilines is 1. The van der Waals surface area contributed by atoms with Crippen LogP contribution in [0.5, 0.6) is 5.75 Å². The normalized spacial score (nSPS) is 10.8. The lowest BCUT2D eigenvalue weighted by Gasteiger charge is -2.16. The van der Waals surface area contributed by atoms with Crippen LogP contribution in [0.2, 0.25) is 0 Å². The van der Waals surface area contributed by atoms with E-state index in [0.717, 1.165) is 22.5 Å². The molecule has 7 heteroatoms. The fraction of sp³-hybridized carbons (Fsp3) is 0.294. The summed E-state index contributed by atoms with van der Waals surface area (Å²) in [5.41, 5.74) is 2.96. The fourth-order valence-corrected chi connectivity index (χ4v) is 2.69. The van der Waals surface area contributed by atoms with E-state index in [0.29, 0.717) is 17.1 Å². The number of hydrogen-bond donors (Lipinski definition) is 1. The summed E-state index contributed by atoms with van der Waals surface area (Å²) >= 11 is 2.15. The molecule has 0 aliphatic rings. The number of nitrogens with zero attached hydrogens (tertiary/aromatic N) is 2. The predicted octanol–water partition coefficient (Wildman–Crippen LogP) is 3.50. The van der Waals surface area contributed by atoms with E-state index in [1.807, 2.05) is 18.2 Å². The fourth-order valence-electron chi connectivity index (χ4n) is 2.14. The number of rotatable bonds is 7. The van der Waals surface area contributed by atoms with Gasteiger partial charge in [0.1, 0.15) is 11.5 Å². The molecule has 0 spiro atoms. The molecule has 0 fully saturated rings. The van der Waals surface area contributed by atoms with E-state index in [1.165, 1.54) is 6.21 Å². The van der Waals surface area contributed by atoms with Gasteiger partial charge in [-0.25, -0.2) is 5.43 Å². The van der Waals surface area contributed by atoms with Crippen LogP contribution in [-0.2, 0) is 0 Å². The first-order valence-electron chi connectivity index (χ1n) is 7.60. The Morgan fingerprint density at radius 3 is 2.75 bits per heavy atom. The molecule has 2 aromatic rings. The number of ether oxygens (including phenoxy) is 1. The highest BCUT2D eigenvalue weighted by molar-refractivity contribution is 14.1. The average Bonchev–Trinajstić information content (AvgIpc) is 3.05. The molecule has 6 nitrogen and oxygen atoms in total. The lowest BCUT2D eigenvalue weighted by Crippen LogP contribution is -2.20. The Kier molecular flexibility index (Phi) is 6.65. The van der Waals surface area contributed by atoms with Crippen LogP contribution in [0.25, 0.3) is 0 Å². The zero-order chi connectivity index (χ0) is 17.5. The summed E-state index contributed by atoms with van der Waals surface area (Å²) in [5, 5.41) is 3.94. The highest BCUT2D eigenvalue weighted by Crippen LogP contribution is 2.21. The monoisotopic (exact) mass is 441 g/mol. The Bertz CT molecular complexity index is 724. The van der Waals surface area contributed by atoms with Crippen molar-refractivity contribution in [1.29, 1.82) is 0 Å². The van der Waals surface area contributed by atoms with Crippen molar-refractivity contribution in [1.82, 2.24) is 5.43 Å². The molecule has 1 aromatic heterocycles. The lowest BCUT2D eigenvalue weighted by atomic mass is 10.2. The van der Waals surface area contributed by atoms with Gasteiger partial charge in [-0.3, -0.25) is 4.79 Å². The molecule has 0 saturated carbocycles. The van der Waals surface area contributed by atoms with Crippen molar-refractivity contribution >= 4 is 40.6 Å². The summed E-state index contributed by atoms with van der Waals surface area (Å²) in [5.74, 6) is 1.71. The Labute approximate surface area is 155 Å². The molecule has 1 N–H and O–H groups in total. The SMILES string of the molecule is CCN(CC)c1ccc(/C=N\NC(=O)c2ccc(I)c(OC)c2)o1. The van der Waals surface area contributed by atoms with Crippen LogP contribution >= 0.6 is 22.6 Å². The van der Waals surface area contributed by atoms with Crippen LogP contribution in [0, 0.1) is 3.57 Å². The number of halogens is 1. The molecule has 0 aliphatic heterocycles. The molecule has 0 radical (unpaired) electrons. The summed E-state index contributed by atoms with van der Waals surface area (Å²) in [6.07, 6.45) is 1.48. The van der Waals surface area contributed by atoms with Crippen molar-refractivity contribution in [3.8, 4) is 5.75 Å². The minimum atomic E-state index is -0.309. The first-order chi connectivity index (χ1) is 11.6. The Morgan fingerprint density at radius 2 is 2.08 bits per heavy atom. The van der Waals surface area contributed by atoms with E-state index in [1.54, 1.807) is 19.2 Å². The van der Waals surface area contributed by atoms with E-state index in [9.17, 15) is 4.79 Å². The highest BCUT2D eigenvalue weighted by Gasteiger charge is 2.09. The van der Waals surface area contributed by atoms with Crippen LogP contribution in [0.3, 0.4) is 0 Å². The number of furan rings is 1. The van der Waals surface area contributed by atoms with Crippen LogP contribution in [0.1, 0.15) is 30.0 Å². The molecule has 0 bridgehead atoms. The molecule has 0 aliphatic carbocycles. The average molecular weight is 441 g/mol. The van der Waals surface area contributed by atoms with Crippen LogP contribution in [0.15, 0.2) is 39.9 Å². The van der Waals surface area contributed by atoms with Gasteiger partial charge in [0.2, 0.25) is 0 Å². The first-order valence-corrected chi connectivity index (χ1v) is 8.68. The number of nitrogens with one attached hydrogen (secondary N) is 1. The Balaban J connectivity index is 2.00. The second kappa shape index (κ2) is 8.72. The molecule has 1 heterocycles. The number of methoxy groups -OCH3 is 1. The maximum absolute atomic E-state index is 12.1. The predicted molar refractivity (Wildman–Crippen MR) is 103 cm³/mol. The van der Waals surface area contributed by atoms with Crippen molar-refractivity contribution < 1.29 is 13.9 Å². The number of hydrazone groups is 1. The van der Waals surface area contributed by atoms with Gasteiger partial charge in [-0.2, -0.15) is 5.10 Å². The second-order valence-corrected chi connectivity index (χ2v) is 6.06. The van der Waals surface area contributed by atoms with E-state index in [4.69, 9.17) is 9.15 Å². The highest BCUT2D eigenvalue weighted by atomic mass is 127. The summed E-state index contributed by atoms with van der Waals surface area (Å²) < 4.78 is 11.8. The summed E-state index contributed by atoms with van der Waals surface area (Å²) in [6, 6.07) is 8.93. The van der Waals surface area contributed by atoms with Crippen LogP contribution < -0.4 is 15.1 Å². The summed E-state index contributed by atoms with van der Waals surface area (Å²) in [6.45, 7) is 5.86. The maximum atomic E-state index is 12.1. The first kappa shape index (κ1) is 18.3. The van der Waals surface area contributed by atoms with Crippen molar-refractivity contribution in [2.24, 2.45) is 5.10 Å². The quantitative estimate of drug-likeness (QED) is 0.406. The summed E-state index contributed by atoms with van der Waals surface area (Å²) in [4.78, 5) is 14.2. The molecule has 1 amide bonds. The van der Waals surface area contributed by atoms with Crippen molar-refractivity contribution in [3.05, 3.63) is 45.2 Å². The molecule has 24 heavy (non-hydrogen) atoms. The number of hydrogen-bond acceptors (Lipinski definition) is 5. The molecule has 128 valence electrons. The van der Waals surface area contributed by atoms with Gasteiger partial charge in [-0.05, 0) is 60.7 Å². The molecule has 1 aromatic carbocycles. The number of carbonyl (C=O) groups is 1. The van der Waals surface area contributed by atoms with Gasteiger partial charge >= 0.3 is 0 Å². The zero-order valence-corrected chi connectivity index (χ0v) is 16.0.